The summed E-state index contributed by atoms with van der Waals surface area (Å²) < 4.78 is 5.35. The Morgan fingerprint density at radius 1 is 1.29 bits per heavy atom. The predicted molar refractivity (Wildman–Crippen MR) is 81.4 cm³/mol. The molecule has 2 fully saturated rings. The van der Waals surface area contributed by atoms with Crippen molar-refractivity contribution in [1.82, 2.24) is 5.32 Å². The second kappa shape index (κ2) is 4.57. The number of Topliss-reactive ketones (excluding diaryl/α,β-unsaturated/α-hetero) is 1. The Hall–Kier alpha value is -1.35. The summed E-state index contributed by atoms with van der Waals surface area (Å²) in [7, 11) is 1.72. The van der Waals surface area contributed by atoms with Gasteiger partial charge in [0.15, 0.2) is 0 Å². The number of fused-ring (bicyclic) bond motifs is 5. The molecule has 21 heavy (non-hydrogen) atoms. The first-order chi connectivity index (χ1) is 10.1. The van der Waals surface area contributed by atoms with Crippen LogP contribution in [0.3, 0.4) is 0 Å². The minimum atomic E-state index is -0.120. The maximum Gasteiger partial charge on any atom is 0.140 e. The average Bonchev–Trinajstić information content (AvgIpc) is 2.82. The number of ketones is 1. The van der Waals surface area contributed by atoms with Crippen molar-refractivity contribution < 1.29 is 9.53 Å². The highest BCUT2D eigenvalue weighted by Crippen LogP contribution is 2.54. The third-order valence-corrected chi connectivity index (χ3v) is 6.20. The van der Waals surface area contributed by atoms with Gasteiger partial charge in [-0.15, -0.1) is 0 Å². The summed E-state index contributed by atoms with van der Waals surface area (Å²) in [5.41, 5.74) is 2.72. The molecule has 4 unspecified atom stereocenters. The largest absolute Gasteiger partial charge is 0.497 e. The number of carbonyl (C=O) groups excluding carboxylic acids is 1. The third kappa shape index (κ3) is 1.80. The van der Waals surface area contributed by atoms with Crippen LogP contribution in [0.25, 0.3) is 0 Å². The van der Waals surface area contributed by atoms with Gasteiger partial charge in [-0.05, 0) is 54.4 Å². The van der Waals surface area contributed by atoms with E-state index < -0.39 is 0 Å². The highest BCUT2D eigenvalue weighted by Gasteiger charge is 2.54. The SMILES string of the molecule is COc1ccc2c(c1)CCC1C2NCC2(C)C(=O)CCC12. The first kappa shape index (κ1) is 13.3. The third-order valence-electron chi connectivity index (χ3n) is 6.20. The van der Waals surface area contributed by atoms with Gasteiger partial charge in [0.25, 0.3) is 0 Å². The van der Waals surface area contributed by atoms with Crippen molar-refractivity contribution in [2.75, 3.05) is 13.7 Å². The van der Waals surface area contributed by atoms with Crippen LogP contribution in [0.2, 0.25) is 0 Å². The van der Waals surface area contributed by atoms with Crippen LogP contribution in [-0.2, 0) is 11.2 Å². The summed E-state index contributed by atoms with van der Waals surface area (Å²) in [6, 6.07) is 6.89. The molecular formula is C18H23NO2. The Morgan fingerprint density at radius 3 is 2.95 bits per heavy atom. The van der Waals surface area contributed by atoms with Crippen LogP contribution in [0.4, 0.5) is 0 Å². The number of methoxy groups -OCH3 is 1. The summed E-state index contributed by atoms with van der Waals surface area (Å²) in [5, 5.41) is 3.70. The van der Waals surface area contributed by atoms with E-state index in [-0.39, 0.29) is 5.41 Å². The Labute approximate surface area is 126 Å². The second-order valence-corrected chi connectivity index (χ2v) is 7.11. The Balaban J connectivity index is 1.70. The van der Waals surface area contributed by atoms with Gasteiger partial charge in [0.05, 0.1) is 7.11 Å². The van der Waals surface area contributed by atoms with Crippen molar-refractivity contribution in [2.24, 2.45) is 17.3 Å². The van der Waals surface area contributed by atoms with Gasteiger partial charge in [-0.2, -0.15) is 0 Å². The molecule has 3 nitrogen and oxygen atoms in total. The Bertz CT molecular complexity index is 597. The van der Waals surface area contributed by atoms with Crippen molar-refractivity contribution in [3.8, 4) is 5.75 Å². The van der Waals surface area contributed by atoms with Crippen molar-refractivity contribution in [2.45, 2.75) is 38.6 Å². The zero-order chi connectivity index (χ0) is 14.6. The van der Waals surface area contributed by atoms with Crippen molar-refractivity contribution in [1.29, 1.82) is 0 Å². The molecule has 0 aromatic heterocycles. The van der Waals surface area contributed by atoms with Gasteiger partial charge in [-0.1, -0.05) is 13.0 Å². The molecule has 2 aliphatic carbocycles. The number of benzene rings is 1. The van der Waals surface area contributed by atoms with E-state index in [0.717, 1.165) is 31.6 Å². The summed E-state index contributed by atoms with van der Waals surface area (Å²) in [4.78, 5) is 12.3. The van der Waals surface area contributed by atoms with E-state index in [1.807, 2.05) is 0 Å². The number of piperidine rings is 1. The minimum absolute atomic E-state index is 0.120. The quantitative estimate of drug-likeness (QED) is 0.862. The number of carbonyl (C=O) groups is 1. The molecule has 1 saturated heterocycles. The fourth-order valence-corrected chi connectivity index (χ4v) is 4.98. The summed E-state index contributed by atoms with van der Waals surface area (Å²) in [6.07, 6.45) is 4.16. The summed E-state index contributed by atoms with van der Waals surface area (Å²) in [6.45, 7) is 3.02. The summed E-state index contributed by atoms with van der Waals surface area (Å²) >= 11 is 0. The molecule has 4 rings (SSSR count). The van der Waals surface area contributed by atoms with Gasteiger partial charge >= 0.3 is 0 Å². The minimum Gasteiger partial charge on any atom is -0.497 e. The molecule has 1 N–H and O–H groups in total. The van der Waals surface area contributed by atoms with Crippen LogP contribution in [0.1, 0.15) is 43.4 Å². The van der Waals surface area contributed by atoms with Crippen LogP contribution in [0.5, 0.6) is 5.75 Å². The molecule has 1 heterocycles. The maximum atomic E-state index is 12.3. The van der Waals surface area contributed by atoms with E-state index in [2.05, 4.69) is 30.4 Å². The molecule has 0 radical (unpaired) electrons. The lowest BCUT2D eigenvalue weighted by Crippen LogP contribution is -2.53. The molecule has 1 aromatic rings. The normalized spacial score (nSPS) is 37.6. The van der Waals surface area contributed by atoms with E-state index in [9.17, 15) is 4.79 Å². The van der Waals surface area contributed by atoms with Crippen molar-refractivity contribution in [3.05, 3.63) is 29.3 Å². The molecule has 4 atom stereocenters. The van der Waals surface area contributed by atoms with E-state index >= 15 is 0 Å². The van der Waals surface area contributed by atoms with Gasteiger partial charge in [-0.3, -0.25) is 4.79 Å². The molecule has 3 heteroatoms. The smallest absolute Gasteiger partial charge is 0.140 e. The molecular weight excluding hydrogens is 262 g/mol. The van der Waals surface area contributed by atoms with Crippen LogP contribution < -0.4 is 10.1 Å². The monoisotopic (exact) mass is 285 g/mol. The Morgan fingerprint density at radius 2 is 2.14 bits per heavy atom. The average molecular weight is 285 g/mol. The zero-order valence-electron chi connectivity index (χ0n) is 12.8. The number of aryl methyl sites for hydroxylation is 1. The van der Waals surface area contributed by atoms with E-state index in [0.29, 0.717) is 23.7 Å². The molecule has 3 aliphatic rings. The molecule has 0 amide bonds. The molecule has 1 saturated carbocycles. The highest BCUT2D eigenvalue weighted by atomic mass is 16.5. The first-order valence-corrected chi connectivity index (χ1v) is 8.07. The van der Waals surface area contributed by atoms with Gasteiger partial charge in [0.2, 0.25) is 0 Å². The fraction of sp³-hybridized carbons (Fsp3) is 0.611. The molecule has 1 aromatic carbocycles. The number of rotatable bonds is 1. The molecule has 1 aliphatic heterocycles. The first-order valence-electron chi connectivity index (χ1n) is 8.07. The fourth-order valence-electron chi connectivity index (χ4n) is 4.98. The molecule has 0 bridgehead atoms. The highest BCUT2D eigenvalue weighted by molar-refractivity contribution is 5.87. The predicted octanol–water partition coefficient (Wildman–Crippen LogP) is 2.89. The standard InChI is InChI=1S/C18H23NO2/c1-18-10-19-17-13-6-4-12(21-2)9-11(13)3-5-14(17)15(18)7-8-16(18)20/h4,6,9,14-15,17,19H,3,5,7-8,10H2,1-2H3. The van der Waals surface area contributed by atoms with Crippen LogP contribution >= 0.6 is 0 Å². The van der Waals surface area contributed by atoms with Gasteiger partial charge in [0, 0.05) is 24.4 Å². The van der Waals surface area contributed by atoms with E-state index in [1.54, 1.807) is 7.11 Å². The number of ether oxygens (including phenoxy) is 1. The number of hydrogen-bond acceptors (Lipinski definition) is 3. The number of nitrogens with one attached hydrogen (secondary N) is 1. The number of hydrogen-bond donors (Lipinski definition) is 1. The lowest BCUT2D eigenvalue weighted by atomic mass is 9.62. The molecule has 0 spiro atoms. The van der Waals surface area contributed by atoms with Crippen LogP contribution in [0, 0.1) is 17.3 Å². The van der Waals surface area contributed by atoms with Crippen LogP contribution in [0.15, 0.2) is 18.2 Å². The van der Waals surface area contributed by atoms with Gasteiger partial charge in [-0.25, -0.2) is 0 Å². The van der Waals surface area contributed by atoms with E-state index in [1.165, 1.54) is 17.5 Å². The van der Waals surface area contributed by atoms with Crippen molar-refractivity contribution in [3.63, 3.8) is 0 Å². The summed E-state index contributed by atoms with van der Waals surface area (Å²) in [5.74, 6) is 2.59. The van der Waals surface area contributed by atoms with Gasteiger partial charge in [0.1, 0.15) is 11.5 Å². The maximum absolute atomic E-state index is 12.3. The lowest BCUT2D eigenvalue weighted by Gasteiger charge is -2.48. The van der Waals surface area contributed by atoms with E-state index in [4.69, 9.17) is 4.74 Å². The zero-order valence-corrected chi connectivity index (χ0v) is 12.8. The lowest BCUT2D eigenvalue weighted by molar-refractivity contribution is -0.128. The Kier molecular flexibility index (Phi) is 2.90. The molecule has 112 valence electrons. The topological polar surface area (TPSA) is 38.3 Å². The van der Waals surface area contributed by atoms with Gasteiger partial charge < -0.3 is 10.1 Å². The second-order valence-electron chi connectivity index (χ2n) is 7.11. The van der Waals surface area contributed by atoms with Crippen LogP contribution in [-0.4, -0.2) is 19.4 Å². The van der Waals surface area contributed by atoms with Crippen molar-refractivity contribution >= 4 is 5.78 Å².